The Hall–Kier alpha value is -2.17. The molecule has 0 amide bonds. The molecule has 0 radical (unpaired) electrons. The summed E-state index contributed by atoms with van der Waals surface area (Å²) in [6.07, 6.45) is 1.58. The minimum absolute atomic E-state index is 0.295. The third-order valence-corrected chi connectivity index (χ3v) is 2.45. The lowest BCUT2D eigenvalue weighted by molar-refractivity contribution is 0.0696. The van der Waals surface area contributed by atoms with Crippen molar-refractivity contribution in [2.45, 2.75) is 13.8 Å². The number of hydrogen-bond acceptors (Lipinski definition) is 3. The van der Waals surface area contributed by atoms with Crippen molar-refractivity contribution in [1.82, 2.24) is 14.8 Å². The van der Waals surface area contributed by atoms with Crippen LogP contribution in [0, 0.1) is 13.8 Å². The summed E-state index contributed by atoms with van der Waals surface area (Å²) in [6, 6.07) is 5.19. The maximum absolute atomic E-state index is 11.0. The number of hydrogen-bond donors (Lipinski definition) is 1. The highest BCUT2D eigenvalue weighted by molar-refractivity contribution is 5.89. The van der Waals surface area contributed by atoms with E-state index in [2.05, 4.69) is 10.2 Å². The molecular formula is C11H11N3O2. The van der Waals surface area contributed by atoms with Gasteiger partial charge >= 0.3 is 5.97 Å². The molecule has 5 heteroatoms. The van der Waals surface area contributed by atoms with Crippen LogP contribution in [0.1, 0.15) is 21.7 Å². The van der Waals surface area contributed by atoms with E-state index < -0.39 is 5.97 Å². The molecule has 5 nitrogen and oxygen atoms in total. The Labute approximate surface area is 92.4 Å². The van der Waals surface area contributed by atoms with Gasteiger partial charge in [-0.05, 0) is 32.0 Å². The van der Waals surface area contributed by atoms with Gasteiger partial charge in [-0.25, -0.2) is 4.79 Å². The lowest BCUT2D eigenvalue weighted by Crippen LogP contribution is -2.04. The molecule has 0 fully saturated rings. The summed E-state index contributed by atoms with van der Waals surface area (Å²) >= 11 is 0. The highest BCUT2D eigenvalue weighted by atomic mass is 16.4. The fourth-order valence-electron chi connectivity index (χ4n) is 1.74. The molecule has 82 valence electrons. The van der Waals surface area contributed by atoms with E-state index in [0.717, 1.165) is 5.69 Å². The molecule has 0 aliphatic carbocycles. The molecular weight excluding hydrogens is 206 g/mol. The average Bonchev–Trinajstić information content (AvgIpc) is 2.56. The lowest BCUT2D eigenvalue weighted by atomic mass is 10.2. The molecule has 0 aliphatic heterocycles. The lowest BCUT2D eigenvalue weighted by Gasteiger charge is -2.06. The first-order chi connectivity index (χ1) is 7.61. The number of rotatable bonds is 2. The standard InChI is InChI=1S/C11H11N3O2/c1-7-6-9(11(15)16)8(2)14(7)10-4-3-5-12-13-10/h3-6H,1-2H3,(H,15,16). The number of carboxylic acids is 1. The number of aromatic nitrogens is 3. The molecule has 0 spiro atoms. The second-order valence-corrected chi connectivity index (χ2v) is 3.51. The summed E-state index contributed by atoms with van der Waals surface area (Å²) in [5, 5.41) is 16.7. The SMILES string of the molecule is Cc1cc(C(=O)O)c(C)n1-c1cccnn1. The zero-order valence-corrected chi connectivity index (χ0v) is 9.01. The monoisotopic (exact) mass is 217 g/mol. The highest BCUT2D eigenvalue weighted by Gasteiger charge is 2.15. The maximum Gasteiger partial charge on any atom is 0.337 e. The number of carboxylic acid groups (broad SMARTS) is 1. The van der Waals surface area contributed by atoms with Crippen LogP contribution in [0.2, 0.25) is 0 Å². The summed E-state index contributed by atoms with van der Waals surface area (Å²) in [5.41, 5.74) is 1.78. The normalized spacial score (nSPS) is 10.4. The van der Waals surface area contributed by atoms with Gasteiger partial charge in [0.05, 0.1) is 5.56 Å². The molecule has 0 aliphatic rings. The minimum Gasteiger partial charge on any atom is -0.478 e. The fourth-order valence-corrected chi connectivity index (χ4v) is 1.74. The van der Waals surface area contributed by atoms with Crippen LogP contribution < -0.4 is 0 Å². The van der Waals surface area contributed by atoms with Crippen LogP contribution in [0.5, 0.6) is 0 Å². The Kier molecular flexibility index (Phi) is 2.44. The van der Waals surface area contributed by atoms with E-state index >= 15 is 0 Å². The van der Waals surface area contributed by atoms with Crippen molar-refractivity contribution in [3.63, 3.8) is 0 Å². The van der Waals surface area contributed by atoms with E-state index in [4.69, 9.17) is 5.11 Å². The maximum atomic E-state index is 11.0. The van der Waals surface area contributed by atoms with Gasteiger partial charge in [0.15, 0.2) is 5.82 Å². The summed E-state index contributed by atoms with van der Waals surface area (Å²) < 4.78 is 1.77. The smallest absolute Gasteiger partial charge is 0.337 e. The minimum atomic E-state index is -0.928. The van der Waals surface area contributed by atoms with Crippen molar-refractivity contribution >= 4 is 5.97 Å². The van der Waals surface area contributed by atoms with E-state index in [9.17, 15) is 4.79 Å². The summed E-state index contributed by atoms with van der Waals surface area (Å²) in [5.74, 6) is -0.298. The Bertz CT molecular complexity index is 532. The van der Waals surface area contributed by atoms with Gasteiger partial charge in [0.1, 0.15) is 0 Å². The molecule has 0 aromatic carbocycles. The number of aromatic carboxylic acids is 1. The van der Waals surface area contributed by atoms with Crippen molar-refractivity contribution in [3.8, 4) is 5.82 Å². The Morgan fingerprint density at radius 2 is 2.19 bits per heavy atom. The number of aryl methyl sites for hydroxylation is 1. The summed E-state index contributed by atoms with van der Waals surface area (Å²) in [7, 11) is 0. The molecule has 0 unspecified atom stereocenters. The third-order valence-electron chi connectivity index (χ3n) is 2.45. The van der Waals surface area contributed by atoms with Gasteiger partial charge in [0, 0.05) is 17.6 Å². The van der Waals surface area contributed by atoms with E-state index in [1.807, 2.05) is 6.92 Å². The van der Waals surface area contributed by atoms with Gasteiger partial charge in [-0.1, -0.05) is 0 Å². The Morgan fingerprint density at radius 3 is 2.69 bits per heavy atom. The summed E-state index contributed by atoms with van der Waals surface area (Å²) in [6.45, 7) is 3.60. The van der Waals surface area contributed by atoms with Gasteiger partial charge in [-0.2, -0.15) is 5.10 Å². The first-order valence-electron chi connectivity index (χ1n) is 4.81. The molecule has 0 saturated heterocycles. The van der Waals surface area contributed by atoms with Crippen molar-refractivity contribution in [3.05, 3.63) is 41.3 Å². The van der Waals surface area contributed by atoms with Gasteiger partial charge in [0.2, 0.25) is 0 Å². The van der Waals surface area contributed by atoms with Crippen LogP contribution in [-0.4, -0.2) is 25.8 Å². The predicted molar refractivity (Wildman–Crippen MR) is 57.8 cm³/mol. The van der Waals surface area contributed by atoms with Crippen LogP contribution in [0.15, 0.2) is 24.4 Å². The largest absolute Gasteiger partial charge is 0.478 e. The van der Waals surface area contributed by atoms with E-state index in [1.54, 1.807) is 35.9 Å². The molecule has 0 bridgehead atoms. The number of nitrogens with zero attached hydrogens (tertiary/aromatic N) is 3. The second kappa shape index (κ2) is 3.77. The van der Waals surface area contributed by atoms with E-state index in [1.165, 1.54) is 0 Å². The second-order valence-electron chi connectivity index (χ2n) is 3.51. The Morgan fingerprint density at radius 1 is 1.44 bits per heavy atom. The van der Waals surface area contributed by atoms with Crippen LogP contribution in [0.25, 0.3) is 5.82 Å². The van der Waals surface area contributed by atoms with Crippen LogP contribution in [0.3, 0.4) is 0 Å². The van der Waals surface area contributed by atoms with Crippen LogP contribution >= 0.6 is 0 Å². The first-order valence-corrected chi connectivity index (χ1v) is 4.81. The van der Waals surface area contributed by atoms with Gasteiger partial charge in [0.25, 0.3) is 0 Å². The van der Waals surface area contributed by atoms with Crippen molar-refractivity contribution in [1.29, 1.82) is 0 Å². The average molecular weight is 217 g/mol. The van der Waals surface area contributed by atoms with Crippen molar-refractivity contribution in [2.75, 3.05) is 0 Å². The molecule has 2 rings (SSSR count). The predicted octanol–water partition coefficient (Wildman–Crippen LogP) is 1.58. The molecule has 0 saturated carbocycles. The molecule has 0 atom stereocenters. The summed E-state index contributed by atoms with van der Waals surface area (Å²) in [4.78, 5) is 11.0. The van der Waals surface area contributed by atoms with Crippen LogP contribution in [0.4, 0.5) is 0 Å². The molecule has 1 N–H and O–H groups in total. The fraction of sp³-hybridized carbons (Fsp3) is 0.182. The zero-order valence-electron chi connectivity index (χ0n) is 9.01. The van der Waals surface area contributed by atoms with Crippen molar-refractivity contribution in [2.24, 2.45) is 0 Å². The van der Waals surface area contributed by atoms with Gasteiger partial charge in [-0.15, -0.1) is 5.10 Å². The molecule has 16 heavy (non-hydrogen) atoms. The number of carbonyl (C=O) groups is 1. The molecule has 2 aromatic rings. The van der Waals surface area contributed by atoms with E-state index in [0.29, 0.717) is 17.1 Å². The highest BCUT2D eigenvalue weighted by Crippen LogP contribution is 2.18. The molecule has 2 heterocycles. The first kappa shape index (κ1) is 10.4. The Balaban J connectivity index is 2.63. The zero-order chi connectivity index (χ0) is 11.7. The third kappa shape index (κ3) is 1.56. The van der Waals surface area contributed by atoms with Crippen LogP contribution in [-0.2, 0) is 0 Å². The van der Waals surface area contributed by atoms with Crippen molar-refractivity contribution < 1.29 is 9.90 Å². The topological polar surface area (TPSA) is 68.0 Å². The van der Waals surface area contributed by atoms with Gasteiger partial charge < -0.3 is 9.67 Å². The quantitative estimate of drug-likeness (QED) is 0.829. The van der Waals surface area contributed by atoms with E-state index in [-0.39, 0.29) is 0 Å². The molecule has 2 aromatic heterocycles. The van der Waals surface area contributed by atoms with Gasteiger partial charge in [-0.3, -0.25) is 0 Å².